The van der Waals surface area contributed by atoms with Crippen molar-refractivity contribution in [1.82, 2.24) is 4.98 Å². The van der Waals surface area contributed by atoms with Gasteiger partial charge >= 0.3 is 0 Å². The molecule has 0 amide bonds. The maximum absolute atomic E-state index is 5.75. The van der Waals surface area contributed by atoms with Crippen LogP contribution < -0.4 is 10.5 Å². The topological polar surface area (TPSA) is 48.1 Å². The number of pyridine rings is 1. The van der Waals surface area contributed by atoms with Crippen LogP contribution in [0.1, 0.15) is 5.56 Å². The Balaban J connectivity index is 1.77. The summed E-state index contributed by atoms with van der Waals surface area (Å²) in [5.74, 6) is 1.59. The van der Waals surface area contributed by atoms with E-state index >= 15 is 0 Å². The monoisotopic (exact) mass is 276 g/mol. The van der Waals surface area contributed by atoms with Crippen LogP contribution in [0.15, 0.2) is 73.1 Å². The average molecular weight is 276 g/mol. The highest BCUT2D eigenvalue weighted by atomic mass is 16.5. The van der Waals surface area contributed by atoms with Crippen molar-refractivity contribution in [2.75, 3.05) is 0 Å². The van der Waals surface area contributed by atoms with Gasteiger partial charge < -0.3 is 10.5 Å². The first-order valence-corrected chi connectivity index (χ1v) is 6.82. The summed E-state index contributed by atoms with van der Waals surface area (Å²) in [6.07, 6.45) is 3.42. The van der Waals surface area contributed by atoms with E-state index in [4.69, 9.17) is 10.5 Å². The first kappa shape index (κ1) is 13.3. The molecule has 0 aliphatic carbocycles. The molecule has 3 nitrogen and oxygen atoms in total. The number of nitrogens with zero attached hydrogens (tertiary/aromatic N) is 1. The number of hydrogen-bond acceptors (Lipinski definition) is 3. The van der Waals surface area contributed by atoms with Crippen LogP contribution in [0.3, 0.4) is 0 Å². The maximum atomic E-state index is 5.75. The molecule has 0 spiro atoms. The molecule has 2 N–H and O–H groups in total. The van der Waals surface area contributed by atoms with Crippen molar-refractivity contribution < 1.29 is 4.74 Å². The number of nitrogens with two attached hydrogens (primary N) is 1. The van der Waals surface area contributed by atoms with Gasteiger partial charge in [0.15, 0.2) is 0 Å². The smallest absolute Gasteiger partial charge is 0.130 e. The quantitative estimate of drug-likeness (QED) is 0.783. The fourth-order valence-corrected chi connectivity index (χ4v) is 2.09. The van der Waals surface area contributed by atoms with Gasteiger partial charge in [0.2, 0.25) is 0 Å². The zero-order chi connectivity index (χ0) is 14.5. The van der Waals surface area contributed by atoms with Gasteiger partial charge in [0.05, 0.1) is 0 Å². The van der Waals surface area contributed by atoms with Crippen molar-refractivity contribution in [2.45, 2.75) is 6.54 Å². The lowest BCUT2D eigenvalue weighted by molar-refractivity contribution is 0.482. The van der Waals surface area contributed by atoms with Gasteiger partial charge in [0.1, 0.15) is 11.5 Å². The van der Waals surface area contributed by atoms with Crippen molar-refractivity contribution in [1.29, 1.82) is 0 Å². The molecule has 21 heavy (non-hydrogen) atoms. The Hall–Kier alpha value is -2.65. The normalized spacial score (nSPS) is 10.3. The SMILES string of the molecule is NCc1ccc(-c2ccc(Oc3ccncc3)cc2)cc1. The molecule has 0 unspecified atom stereocenters. The van der Waals surface area contributed by atoms with Gasteiger partial charge in [-0.05, 0) is 41.0 Å². The fraction of sp³-hybridized carbons (Fsp3) is 0.0556. The van der Waals surface area contributed by atoms with Gasteiger partial charge in [0.25, 0.3) is 0 Å². The maximum Gasteiger partial charge on any atom is 0.130 e. The summed E-state index contributed by atoms with van der Waals surface area (Å²) in [5.41, 5.74) is 9.07. The van der Waals surface area contributed by atoms with E-state index in [1.54, 1.807) is 12.4 Å². The van der Waals surface area contributed by atoms with E-state index in [2.05, 4.69) is 29.2 Å². The van der Waals surface area contributed by atoms with Crippen LogP contribution >= 0.6 is 0 Å². The second kappa shape index (κ2) is 6.20. The third-order valence-electron chi connectivity index (χ3n) is 3.26. The van der Waals surface area contributed by atoms with Crippen molar-refractivity contribution in [3.8, 4) is 22.6 Å². The van der Waals surface area contributed by atoms with Crippen LogP contribution in [-0.2, 0) is 6.54 Å². The Labute approximate surface area is 124 Å². The first-order valence-electron chi connectivity index (χ1n) is 6.82. The average Bonchev–Trinajstić information content (AvgIpc) is 2.57. The van der Waals surface area contributed by atoms with Gasteiger partial charge in [0, 0.05) is 18.9 Å². The highest BCUT2D eigenvalue weighted by Crippen LogP contribution is 2.25. The van der Waals surface area contributed by atoms with E-state index in [9.17, 15) is 0 Å². The molecule has 0 saturated carbocycles. The molecular formula is C18H16N2O. The van der Waals surface area contributed by atoms with Gasteiger partial charge in [-0.2, -0.15) is 0 Å². The molecule has 0 aliphatic heterocycles. The molecule has 0 bridgehead atoms. The van der Waals surface area contributed by atoms with Crippen molar-refractivity contribution >= 4 is 0 Å². The molecule has 1 heterocycles. The third kappa shape index (κ3) is 3.27. The molecule has 104 valence electrons. The van der Waals surface area contributed by atoms with Crippen LogP contribution in [0.25, 0.3) is 11.1 Å². The van der Waals surface area contributed by atoms with Crippen LogP contribution in [-0.4, -0.2) is 4.98 Å². The second-order valence-electron chi connectivity index (χ2n) is 4.71. The Morgan fingerprint density at radius 2 is 1.24 bits per heavy atom. The van der Waals surface area contributed by atoms with Crippen molar-refractivity contribution in [2.24, 2.45) is 5.73 Å². The molecule has 2 aromatic carbocycles. The zero-order valence-corrected chi connectivity index (χ0v) is 11.6. The van der Waals surface area contributed by atoms with Crippen molar-refractivity contribution in [3.05, 3.63) is 78.6 Å². The van der Waals surface area contributed by atoms with Gasteiger partial charge in [-0.1, -0.05) is 36.4 Å². The molecule has 0 aliphatic rings. The Bertz CT molecular complexity index is 692. The molecule has 0 atom stereocenters. The molecule has 3 rings (SSSR count). The highest BCUT2D eigenvalue weighted by Gasteiger charge is 2.00. The number of hydrogen-bond donors (Lipinski definition) is 1. The molecular weight excluding hydrogens is 260 g/mol. The fourth-order valence-electron chi connectivity index (χ4n) is 2.09. The Morgan fingerprint density at radius 3 is 1.81 bits per heavy atom. The standard InChI is InChI=1S/C18H16N2O/c19-13-14-1-3-15(4-2-14)16-5-7-17(8-6-16)21-18-9-11-20-12-10-18/h1-12H,13,19H2. The van der Waals surface area contributed by atoms with E-state index < -0.39 is 0 Å². The van der Waals surface area contributed by atoms with Crippen LogP contribution in [0.2, 0.25) is 0 Å². The number of rotatable bonds is 4. The minimum atomic E-state index is 0.568. The van der Waals surface area contributed by atoms with Crippen LogP contribution in [0, 0.1) is 0 Å². The third-order valence-corrected chi connectivity index (χ3v) is 3.26. The van der Waals surface area contributed by atoms with E-state index in [1.165, 1.54) is 5.56 Å². The van der Waals surface area contributed by atoms with E-state index in [-0.39, 0.29) is 0 Å². The summed E-state index contributed by atoms with van der Waals surface area (Å²) in [7, 11) is 0. The van der Waals surface area contributed by atoms with Gasteiger partial charge in [-0.3, -0.25) is 4.98 Å². The number of benzene rings is 2. The molecule has 0 saturated heterocycles. The lowest BCUT2D eigenvalue weighted by atomic mass is 10.0. The minimum Gasteiger partial charge on any atom is -0.457 e. The molecule has 1 aromatic heterocycles. The number of ether oxygens (including phenoxy) is 1. The number of aromatic nitrogens is 1. The predicted molar refractivity (Wildman–Crippen MR) is 84.1 cm³/mol. The summed E-state index contributed by atoms with van der Waals surface area (Å²) in [4.78, 5) is 3.97. The lowest BCUT2D eigenvalue weighted by Crippen LogP contribution is -1.95. The largest absolute Gasteiger partial charge is 0.457 e. The second-order valence-corrected chi connectivity index (χ2v) is 4.71. The molecule has 0 fully saturated rings. The lowest BCUT2D eigenvalue weighted by Gasteiger charge is -2.07. The Kier molecular flexibility index (Phi) is 3.94. The van der Waals surface area contributed by atoms with Gasteiger partial charge in [-0.15, -0.1) is 0 Å². The van der Waals surface area contributed by atoms with Gasteiger partial charge in [-0.25, -0.2) is 0 Å². The minimum absolute atomic E-state index is 0.568. The molecule has 3 heteroatoms. The van der Waals surface area contributed by atoms with E-state index in [0.717, 1.165) is 22.6 Å². The Morgan fingerprint density at radius 1 is 0.714 bits per heavy atom. The molecule has 0 radical (unpaired) electrons. The summed E-state index contributed by atoms with van der Waals surface area (Å²) < 4.78 is 5.75. The predicted octanol–water partition coefficient (Wildman–Crippen LogP) is 4.00. The highest BCUT2D eigenvalue weighted by molar-refractivity contribution is 5.64. The summed E-state index contributed by atoms with van der Waals surface area (Å²) >= 11 is 0. The summed E-state index contributed by atoms with van der Waals surface area (Å²) in [6.45, 7) is 0.568. The van der Waals surface area contributed by atoms with E-state index in [0.29, 0.717) is 6.54 Å². The van der Waals surface area contributed by atoms with E-state index in [1.807, 2.05) is 36.4 Å². The first-order chi connectivity index (χ1) is 10.3. The summed E-state index contributed by atoms with van der Waals surface area (Å²) in [5, 5.41) is 0. The summed E-state index contributed by atoms with van der Waals surface area (Å²) in [6, 6.07) is 20.0. The van der Waals surface area contributed by atoms with Crippen molar-refractivity contribution in [3.63, 3.8) is 0 Å². The van der Waals surface area contributed by atoms with Crippen LogP contribution in [0.5, 0.6) is 11.5 Å². The van der Waals surface area contributed by atoms with Crippen LogP contribution in [0.4, 0.5) is 0 Å². The zero-order valence-electron chi connectivity index (χ0n) is 11.6. The molecule has 3 aromatic rings.